The van der Waals surface area contributed by atoms with Crippen molar-refractivity contribution in [3.63, 3.8) is 0 Å². The molecule has 5 heterocycles. The largest absolute Gasteiger partial charge is 0.309 e. The standard InChI is InChI=1S/C56H64N2.C48H48N2.C36H41N/c1-52(2,3)36-24-26-44-42(33-36)43-34-37(53(4,5)6)25-27-45(43)58(44)48-29-28-47-50(51(48)56(13,14)15)49-41(22-19-23-46(49)57(47)40-20-17-16-18-21-40)35-30-38(54(7,8)9)32-39(31-35)55(10,11)12;1-46(2,3)32-28-31(29-33(30-32)47(4,5)6)35-22-17-25-40-43(35)44-41(49(40)34-18-11-10-12-19-34)26-27-42(45(44)48(7,8)9)50-38-23-15-13-20-36(38)37-21-14-16-24-39(37)50;1-34(2,3)25-21-26(35(4,5)6)23-27(22-25)37-30-19-13-17-28(24-15-11-10-12-16-24)32(30)33-29(36(7,8)9)18-14-20-31(33)37/h16-34H,1-15H3;10-30H,1-9H3;10-23H,1-9H3. The van der Waals surface area contributed by atoms with Crippen LogP contribution in [0, 0.1) is 0 Å². The summed E-state index contributed by atoms with van der Waals surface area (Å²) in [4.78, 5) is 0. The van der Waals surface area contributed by atoms with Crippen LogP contribution in [0.15, 0.2) is 328 Å². The Morgan fingerprint density at radius 2 is 0.407 bits per heavy atom. The van der Waals surface area contributed by atoms with Gasteiger partial charge in [-0.25, -0.2) is 0 Å². The monoisotopic (exact) mass is 1900 g/mol. The van der Waals surface area contributed by atoms with Gasteiger partial charge in [-0.15, -0.1) is 0 Å². The molecule has 0 N–H and O–H groups in total. The summed E-state index contributed by atoms with van der Waals surface area (Å²) < 4.78 is 12.6. The first-order valence-electron chi connectivity index (χ1n) is 53.0. The minimum Gasteiger partial charge on any atom is -0.309 e. The van der Waals surface area contributed by atoms with Crippen LogP contribution in [0.1, 0.15) is 290 Å². The highest BCUT2D eigenvalue weighted by Gasteiger charge is 2.36. The van der Waals surface area contributed by atoms with E-state index in [0.717, 1.165) is 0 Å². The molecule has 0 amide bonds. The molecule has 5 nitrogen and oxygen atoms in total. The molecule has 0 saturated carbocycles. The number of aromatic nitrogens is 5. The smallest absolute Gasteiger partial charge is 0.0547 e. The normalized spacial score (nSPS) is 13.1. The van der Waals surface area contributed by atoms with Crippen LogP contribution in [-0.2, 0) is 59.6 Å². The fraction of sp³-hybridized carbons (Fsp3) is 0.314. The summed E-state index contributed by atoms with van der Waals surface area (Å²) >= 11 is 0. The molecule has 5 aromatic heterocycles. The van der Waals surface area contributed by atoms with Crippen molar-refractivity contribution in [1.29, 1.82) is 0 Å². The van der Waals surface area contributed by atoms with Gasteiger partial charge in [0.25, 0.3) is 0 Å². The van der Waals surface area contributed by atoms with Gasteiger partial charge in [0.2, 0.25) is 0 Å². The van der Waals surface area contributed by atoms with Crippen molar-refractivity contribution in [3.8, 4) is 61.8 Å². The predicted molar refractivity (Wildman–Crippen MR) is 633 cm³/mol. The van der Waals surface area contributed by atoms with Crippen molar-refractivity contribution in [1.82, 2.24) is 22.8 Å². The first kappa shape index (κ1) is 100. The fourth-order valence-electron chi connectivity index (χ4n) is 22.5. The summed E-state index contributed by atoms with van der Waals surface area (Å²) in [5.41, 5.74) is 41.1. The Bertz CT molecular complexity index is 8390. The summed E-state index contributed by atoms with van der Waals surface area (Å²) in [6.45, 7) is 77.2. The zero-order valence-corrected chi connectivity index (χ0v) is 92.9. The van der Waals surface area contributed by atoms with Gasteiger partial charge < -0.3 is 22.8 Å². The average Bonchev–Trinajstić information content (AvgIpc) is 1.54. The molecule has 21 rings (SSSR count). The molecule has 0 aliphatic carbocycles. The summed E-state index contributed by atoms with van der Waals surface area (Å²) in [7, 11) is 0. The Labute approximate surface area is 864 Å². The van der Waals surface area contributed by atoms with Gasteiger partial charge in [-0.1, -0.05) is 435 Å². The molecule has 5 heteroatoms. The third-order valence-electron chi connectivity index (χ3n) is 30.5. The molecule has 0 aliphatic heterocycles. The van der Waals surface area contributed by atoms with Crippen LogP contribution in [0.5, 0.6) is 0 Å². The summed E-state index contributed by atoms with van der Waals surface area (Å²) in [6, 6.07) is 124. The van der Waals surface area contributed by atoms with Crippen LogP contribution in [0.3, 0.4) is 0 Å². The Kier molecular flexibility index (Phi) is 24.7. The molecular weight excluding hydrogens is 1750 g/mol. The van der Waals surface area contributed by atoms with Crippen LogP contribution in [0.2, 0.25) is 0 Å². The van der Waals surface area contributed by atoms with Crippen LogP contribution >= 0.6 is 0 Å². The second-order valence-corrected chi connectivity index (χ2v) is 52.8. The summed E-state index contributed by atoms with van der Waals surface area (Å²) in [5.74, 6) is 0. The Morgan fingerprint density at radius 3 is 0.738 bits per heavy atom. The van der Waals surface area contributed by atoms with Gasteiger partial charge in [0, 0.05) is 70.9 Å². The summed E-state index contributed by atoms with van der Waals surface area (Å²) in [6.07, 6.45) is 0. The number of hydrogen-bond acceptors (Lipinski definition) is 0. The van der Waals surface area contributed by atoms with Crippen molar-refractivity contribution in [3.05, 3.63) is 389 Å². The van der Waals surface area contributed by atoms with E-state index in [2.05, 4.69) is 579 Å². The average molecular weight is 1910 g/mol. The minimum atomic E-state index is -0.207. The molecule has 0 bridgehead atoms. The number of rotatable bonds is 8. The maximum atomic E-state index is 2.58. The van der Waals surface area contributed by atoms with E-state index >= 15 is 0 Å². The quantitative estimate of drug-likeness (QED) is 0.145. The summed E-state index contributed by atoms with van der Waals surface area (Å²) in [5, 5.41) is 13.2. The number of para-hydroxylation sites is 4. The van der Waals surface area contributed by atoms with Gasteiger partial charge in [-0.3, -0.25) is 0 Å². The van der Waals surface area contributed by atoms with Crippen molar-refractivity contribution in [2.45, 2.75) is 288 Å². The van der Waals surface area contributed by atoms with E-state index in [0.29, 0.717) is 0 Å². The molecule has 0 fully saturated rings. The van der Waals surface area contributed by atoms with Crippen LogP contribution in [-0.4, -0.2) is 22.8 Å². The lowest BCUT2D eigenvalue weighted by atomic mass is 9.78. The van der Waals surface area contributed by atoms with Crippen molar-refractivity contribution < 1.29 is 0 Å². The van der Waals surface area contributed by atoms with Gasteiger partial charge in [0.1, 0.15) is 0 Å². The highest BCUT2D eigenvalue weighted by Crippen LogP contribution is 2.54. The zero-order chi connectivity index (χ0) is 104. The predicted octanol–water partition coefficient (Wildman–Crippen LogP) is 39.8. The maximum Gasteiger partial charge on any atom is 0.0547 e. The lowest BCUT2D eigenvalue weighted by molar-refractivity contribution is 0.567. The van der Waals surface area contributed by atoms with Crippen LogP contribution in [0.4, 0.5) is 0 Å². The molecule has 0 saturated heterocycles. The molecule has 0 spiro atoms. The van der Waals surface area contributed by atoms with Crippen molar-refractivity contribution >= 4 is 109 Å². The number of fused-ring (bicyclic) bond motifs is 15. The molecule has 0 atom stereocenters. The first-order valence-corrected chi connectivity index (χ1v) is 53.0. The van der Waals surface area contributed by atoms with Gasteiger partial charge in [-0.05, 0) is 275 Å². The molecule has 0 radical (unpaired) electrons. The van der Waals surface area contributed by atoms with Gasteiger partial charge in [0.05, 0.1) is 66.5 Å². The number of benzene rings is 16. The van der Waals surface area contributed by atoms with E-state index < -0.39 is 0 Å². The molecule has 21 aromatic rings. The zero-order valence-electron chi connectivity index (χ0n) is 92.9. The van der Waals surface area contributed by atoms with E-state index in [9.17, 15) is 0 Å². The lowest BCUT2D eigenvalue weighted by Crippen LogP contribution is -2.17. The SMILES string of the molecule is CC(C)(C)c1cc(-c2cccc3c2c2c(C(C)(C)C)c(-n4c5ccc(C(C)(C)C)cc5c5cc(C(C)(C)C)ccc54)ccc2n3-c2ccccc2)cc(C(C)(C)C)c1.CC(C)(C)c1cc(-c2cccc3c2c2c(C(C)(C)C)c(-n4c5ccccc5c5ccccc54)ccc2n3-c2ccccc2)cc(C(C)(C)C)c1.CC(C)(C)c1cc(-n2c3cccc(-c4ccccc4)c3c3c(C(C)(C)C)cccc32)cc(C(C)(C)C)c1. The van der Waals surface area contributed by atoms with E-state index in [1.807, 2.05) is 0 Å². The van der Waals surface area contributed by atoms with Crippen LogP contribution in [0.25, 0.3) is 171 Å². The van der Waals surface area contributed by atoms with Crippen molar-refractivity contribution in [2.75, 3.05) is 0 Å². The van der Waals surface area contributed by atoms with Crippen molar-refractivity contribution in [2.24, 2.45) is 0 Å². The van der Waals surface area contributed by atoms with E-state index in [-0.39, 0.29) is 59.6 Å². The molecule has 145 heavy (non-hydrogen) atoms. The fourth-order valence-corrected chi connectivity index (χ4v) is 22.5. The molecular formula is C140H153N5. The number of nitrogens with zero attached hydrogens (tertiary/aromatic N) is 5. The van der Waals surface area contributed by atoms with Gasteiger partial charge in [0.15, 0.2) is 0 Å². The first-order chi connectivity index (χ1) is 67.9. The Balaban J connectivity index is 0.000000141. The Morgan fingerprint density at radius 1 is 0.145 bits per heavy atom. The number of hydrogen-bond donors (Lipinski definition) is 0. The van der Waals surface area contributed by atoms with E-state index in [1.54, 1.807) is 0 Å². The third-order valence-corrected chi connectivity index (χ3v) is 30.5. The maximum absolute atomic E-state index is 2.58. The Hall–Kier alpha value is -13.5. The van der Waals surface area contributed by atoms with Gasteiger partial charge in [-0.2, -0.15) is 0 Å². The van der Waals surface area contributed by atoms with E-state index in [4.69, 9.17) is 0 Å². The lowest BCUT2D eigenvalue weighted by Gasteiger charge is -2.27. The van der Waals surface area contributed by atoms with Crippen LogP contribution < -0.4 is 0 Å². The van der Waals surface area contributed by atoms with E-state index in [1.165, 1.54) is 232 Å². The highest BCUT2D eigenvalue weighted by molar-refractivity contribution is 6.22. The molecule has 0 aliphatic rings. The molecule has 0 unspecified atom stereocenters. The topological polar surface area (TPSA) is 24.6 Å². The second-order valence-electron chi connectivity index (χ2n) is 52.8. The highest BCUT2D eigenvalue weighted by atomic mass is 15.0. The molecule has 738 valence electrons. The van der Waals surface area contributed by atoms with Gasteiger partial charge >= 0.3 is 0 Å². The third kappa shape index (κ3) is 18.4. The molecule has 16 aromatic carbocycles. The second kappa shape index (κ2) is 35.7. The minimum absolute atomic E-state index is 0.00191.